The number of hydrogen-bond donors (Lipinski definition) is 2. The zero-order valence-electron chi connectivity index (χ0n) is 16.9. The van der Waals surface area contributed by atoms with E-state index in [2.05, 4.69) is 10.6 Å². The molecule has 32 heavy (non-hydrogen) atoms. The number of rotatable bonds is 6. The van der Waals surface area contributed by atoms with Crippen LogP contribution in [0.25, 0.3) is 11.0 Å². The molecule has 6 nitrogen and oxygen atoms in total. The standard InChI is InChI=1S/C24H18F2N2O4/c1-2-31-19-13-6-4-11-17(19)27-24(30)22-21(14-8-3-5-12-18(14)32-22)28-23(29)20-15(25)9-7-10-16(20)26/h3-13H,2H2,1H3,(H,27,30)(H,28,29). The Morgan fingerprint density at radius 2 is 1.56 bits per heavy atom. The Balaban J connectivity index is 1.72. The van der Waals surface area contributed by atoms with Gasteiger partial charge in [-0.1, -0.05) is 30.3 Å². The number of anilines is 2. The molecular weight excluding hydrogens is 418 g/mol. The first-order valence-electron chi connectivity index (χ1n) is 9.79. The molecule has 0 fully saturated rings. The highest BCUT2D eigenvalue weighted by Gasteiger charge is 2.25. The van der Waals surface area contributed by atoms with E-state index in [9.17, 15) is 18.4 Å². The van der Waals surface area contributed by atoms with Gasteiger partial charge in [0.2, 0.25) is 5.76 Å². The van der Waals surface area contributed by atoms with Crippen LogP contribution in [0.2, 0.25) is 0 Å². The molecule has 3 aromatic carbocycles. The number of amides is 2. The van der Waals surface area contributed by atoms with E-state index in [1.54, 1.807) is 48.5 Å². The summed E-state index contributed by atoms with van der Waals surface area (Å²) in [6.07, 6.45) is 0. The number of carbonyl (C=O) groups excluding carboxylic acids is 2. The third-order valence-corrected chi connectivity index (χ3v) is 4.67. The summed E-state index contributed by atoms with van der Waals surface area (Å²) in [5, 5.41) is 5.53. The van der Waals surface area contributed by atoms with Crippen LogP contribution < -0.4 is 15.4 Å². The molecule has 4 aromatic rings. The molecule has 0 aliphatic heterocycles. The Bertz CT molecular complexity index is 1300. The number of nitrogens with one attached hydrogen (secondary N) is 2. The second kappa shape index (κ2) is 8.89. The number of ether oxygens (including phenoxy) is 1. The Morgan fingerprint density at radius 3 is 2.31 bits per heavy atom. The molecule has 162 valence electrons. The van der Waals surface area contributed by atoms with Gasteiger partial charge in [0.15, 0.2) is 0 Å². The monoisotopic (exact) mass is 436 g/mol. The minimum Gasteiger partial charge on any atom is -0.492 e. The Kier molecular flexibility index (Phi) is 5.85. The van der Waals surface area contributed by atoms with Gasteiger partial charge in [-0.3, -0.25) is 9.59 Å². The molecule has 0 saturated heterocycles. The van der Waals surface area contributed by atoms with Crippen molar-refractivity contribution in [3.8, 4) is 5.75 Å². The summed E-state index contributed by atoms with van der Waals surface area (Å²) in [7, 11) is 0. The van der Waals surface area contributed by atoms with Gasteiger partial charge in [0, 0.05) is 5.39 Å². The number of benzene rings is 3. The van der Waals surface area contributed by atoms with Crippen LogP contribution in [0.5, 0.6) is 5.75 Å². The lowest BCUT2D eigenvalue weighted by molar-refractivity contribution is 0.0999. The highest BCUT2D eigenvalue weighted by Crippen LogP contribution is 2.33. The van der Waals surface area contributed by atoms with Crippen LogP contribution in [0.4, 0.5) is 20.2 Å². The maximum absolute atomic E-state index is 14.1. The molecule has 0 spiro atoms. The van der Waals surface area contributed by atoms with E-state index in [-0.39, 0.29) is 11.4 Å². The van der Waals surface area contributed by atoms with Gasteiger partial charge < -0.3 is 19.8 Å². The summed E-state index contributed by atoms with van der Waals surface area (Å²) in [6, 6.07) is 16.5. The predicted molar refractivity (Wildman–Crippen MR) is 116 cm³/mol. The fourth-order valence-corrected chi connectivity index (χ4v) is 3.25. The lowest BCUT2D eigenvalue weighted by atomic mass is 10.1. The van der Waals surface area contributed by atoms with Gasteiger partial charge in [0.1, 0.15) is 34.2 Å². The van der Waals surface area contributed by atoms with Crippen LogP contribution in [0.3, 0.4) is 0 Å². The largest absolute Gasteiger partial charge is 0.492 e. The number of carbonyl (C=O) groups is 2. The van der Waals surface area contributed by atoms with Gasteiger partial charge in [0.05, 0.1) is 12.3 Å². The lowest BCUT2D eigenvalue weighted by Gasteiger charge is -2.11. The Labute approximate surface area is 181 Å². The van der Waals surface area contributed by atoms with E-state index in [4.69, 9.17) is 9.15 Å². The molecule has 0 radical (unpaired) electrons. The number of para-hydroxylation sites is 3. The van der Waals surface area contributed by atoms with Crippen LogP contribution in [0.15, 0.2) is 71.1 Å². The van der Waals surface area contributed by atoms with Crippen molar-refractivity contribution in [2.45, 2.75) is 6.92 Å². The van der Waals surface area contributed by atoms with Crippen LogP contribution in [-0.4, -0.2) is 18.4 Å². The first-order chi connectivity index (χ1) is 15.5. The van der Waals surface area contributed by atoms with Gasteiger partial charge in [-0.25, -0.2) is 8.78 Å². The van der Waals surface area contributed by atoms with Crippen molar-refractivity contribution in [1.29, 1.82) is 0 Å². The van der Waals surface area contributed by atoms with E-state index >= 15 is 0 Å². The molecule has 0 atom stereocenters. The van der Waals surface area contributed by atoms with Crippen LogP contribution >= 0.6 is 0 Å². The topological polar surface area (TPSA) is 80.6 Å². The first-order valence-corrected chi connectivity index (χ1v) is 9.79. The fourth-order valence-electron chi connectivity index (χ4n) is 3.25. The van der Waals surface area contributed by atoms with E-state index in [0.29, 0.717) is 29.0 Å². The molecule has 0 aliphatic rings. The number of furan rings is 1. The Hall–Kier alpha value is -4.20. The van der Waals surface area contributed by atoms with Crippen molar-refractivity contribution in [2.24, 2.45) is 0 Å². The molecule has 4 rings (SSSR count). The van der Waals surface area contributed by atoms with Gasteiger partial charge >= 0.3 is 0 Å². The van der Waals surface area contributed by atoms with Crippen molar-refractivity contribution in [1.82, 2.24) is 0 Å². The zero-order chi connectivity index (χ0) is 22.7. The summed E-state index contributed by atoms with van der Waals surface area (Å²) in [6.45, 7) is 2.21. The second-order valence-corrected chi connectivity index (χ2v) is 6.74. The first kappa shape index (κ1) is 21.0. The molecule has 8 heteroatoms. The number of halogens is 2. The van der Waals surface area contributed by atoms with Crippen molar-refractivity contribution >= 4 is 34.2 Å². The fraction of sp³-hybridized carbons (Fsp3) is 0.0833. The summed E-state index contributed by atoms with van der Waals surface area (Å²) < 4.78 is 39.4. The average molecular weight is 436 g/mol. The molecule has 1 aromatic heterocycles. The van der Waals surface area contributed by atoms with Crippen LogP contribution in [0, 0.1) is 11.6 Å². The molecule has 2 N–H and O–H groups in total. The molecule has 0 saturated carbocycles. The minimum absolute atomic E-state index is 0.000330. The smallest absolute Gasteiger partial charge is 0.293 e. The SMILES string of the molecule is CCOc1ccccc1NC(=O)c1oc2ccccc2c1NC(=O)c1c(F)cccc1F. The predicted octanol–water partition coefficient (Wildman–Crippen LogP) is 5.61. The highest BCUT2D eigenvalue weighted by molar-refractivity contribution is 6.17. The second-order valence-electron chi connectivity index (χ2n) is 6.74. The minimum atomic E-state index is -1.05. The molecule has 1 heterocycles. The van der Waals surface area contributed by atoms with E-state index in [0.717, 1.165) is 18.2 Å². The van der Waals surface area contributed by atoms with Gasteiger partial charge in [0.25, 0.3) is 11.8 Å². The third kappa shape index (κ3) is 4.02. The molecule has 0 unspecified atom stereocenters. The maximum atomic E-state index is 14.1. The number of fused-ring (bicyclic) bond motifs is 1. The maximum Gasteiger partial charge on any atom is 0.293 e. The number of hydrogen-bond acceptors (Lipinski definition) is 4. The van der Waals surface area contributed by atoms with Crippen LogP contribution in [-0.2, 0) is 0 Å². The van der Waals surface area contributed by atoms with Gasteiger partial charge in [-0.2, -0.15) is 0 Å². The highest BCUT2D eigenvalue weighted by atomic mass is 19.1. The quantitative estimate of drug-likeness (QED) is 0.411. The molecule has 0 bridgehead atoms. The zero-order valence-corrected chi connectivity index (χ0v) is 16.9. The molecular formula is C24H18F2N2O4. The van der Waals surface area contributed by atoms with E-state index < -0.39 is 29.0 Å². The van der Waals surface area contributed by atoms with Crippen molar-refractivity contribution in [3.05, 3.63) is 89.7 Å². The van der Waals surface area contributed by atoms with Crippen molar-refractivity contribution in [3.63, 3.8) is 0 Å². The van der Waals surface area contributed by atoms with Gasteiger partial charge in [-0.05, 0) is 43.3 Å². The summed E-state index contributed by atoms with van der Waals surface area (Å²) in [4.78, 5) is 25.7. The van der Waals surface area contributed by atoms with E-state index in [1.807, 2.05) is 6.92 Å². The van der Waals surface area contributed by atoms with E-state index in [1.165, 1.54) is 0 Å². The summed E-state index contributed by atoms with van der Waals surface area (Å²) >= 11 is 0. The summed E-state index contributed by atoms with van der Waals surface area (Å²) in [5.74, 6) is -3.52. The van der Waals surface area contributed by atoms with Crippen molar-refractivity contribution < 1.29 is 27.5 Å². The van der Waals surface area contributed by atoms with Crippen LogP contribution in [0.1, 0.15) is 27.8 Å². The van der Waals surface area contributed by atoms with Crippen molar-refractivity contribution in [2.75, 3.05) is 17.2 Å². The Morgan fingerprint density at radius 1 is 0.875 bits per heavy atom. The molecule has 2 amide bonds. The summed E-state index contributed by atoms with van der Waals surface area (Å²) in [5.41, 5.74) is -0.0391. The lowest BCUT2D eigenvalue weighted by Crippen LogP contribution is -2.19. The normalized spacial score (nSPS) is 10.7. The average Bonchev–Trinajstić information content (AvgIpc) is 3.14. The third-order valence-electron chi connectivity index (χ3n) is 4.67. The van der Waals surface area contributed by atoms with Gasteiger partial charge in [-0.15, -0.1) is 0 Å². The molecule has 0 aliphatic carbocycles.